The summed E-state index contributed by atoms with van der Waals surface area (Å²) < 4.78 is 0. The Balaban J connectivity index is 1.90. The van der Waals surface area contributed by atoms with E-state index in [0.29, 0.717) is 12.2 Å². The number of aliphatic hydroxyl groups excluding tert-OH is 1. The minimum absolute atomic E-state index is 0.121. The SMILES string of the molecule is Cc1ncc(Cl)c(C(=O)NCC(O)Cc2ccccc2)n1. The third-order valence-corrected chi connectivity index (χ3v) is 3.17. The van der Waals surface area contributed by atoms with E-state index >= 15 is 0 Å². The fourth-order valence-electron chi connectivity index (χ4n) is 1.87. The summed E-state index contributed by atoms with van der Waals surface area (Å²) in [7, 11) is 0. The molecule has 2 rings (SSSR count). The Morgan fingerprint density at radius 1 is 1.38 bits per heavy atom. The Hall–Kier alpha value is -1.98. The van der Waals surface area contributed by atoms with Crippen molar-refractivity contribution < 1.29 is 9.90 Å². The number of amides is 1. The number of aryl methyl sites for hydroxylation is 1. The first-order valence-corrected chi connectivity index (χ1v) is 6.93. The molecule has 1 aromatic carbocycles. The summed E-state index contributed by atoms with van der Waals surface area (Å²) in [6.45, 7) is 1.81. The zero-order valence-corrected chi connectivity index (χ0v) is 12.3. The molecule has 21 heavy (non-hydrogen) atoms. The number of halogens is 1. The van der Waals surface area contributed by atoms with Crippen molar-refractivity contribution in [2.24, 2.45) is 0 Å². The van der Waals surface area contributed by atoms with E-state index in [-0.39, 0.29) is 17.3 Å². The Labute approximate surface area is 128 Å². The first-order chi connectivity index (χ1) is 10.1. The third-order valence-electron chi connectivity index (χ3n) is 2.89. The van der Waals surface area contributed by atoms with Crippen LogP contribution in [0.15, 0.2) is 36.5 Å². The van der Waals surface area contributed by atoms with Gasteiger partial charge in [-0.05, 0) is 12.5 Å². The summed E-state index contributed by atoms with van der Waals surface area (Å²) in [5.74, 6) is 0.0481. The average molecular weight is 306 g/mol. The van der Waals surface area contributed by atoms with Gasteiger partial charge in [0.15, 0.2) is 0 Å². The van der Waals surface area contributed by atoms with Crippen LogP contribution in [0.2, 0.25) is 5.02 Å². The standard InChI is InChI=1S/C15H16ClN3O2/c1-10-17-9-13(16)14(19-10)15(21)18-8-12(20)7-11-5-3-2-4-6-11/h2-6,9,12,20H,7-8H2,1H3,(H,18,21). The first kappa shape index (κ1) is 15.4. The lowest BCUT2D eigenvalue weighted by Gasteiger charge is -2.12. The van der Waals surface area contributed by atoms with E-state index in [4.69, 9.17) is 11.6 Å². The monoisotopic (exact) mass is 305 g/mol. The predicted octanol–water partition coefficient (Wildman–Crippen LogP) is 1.77. The number of carbonyl (C=O) groups excluding carboxylic acids is 1. The second-order valence-corrected chi connectivity index (χ2v) is 5.07. The molecule has 0 aliphatic rings. The first-order valence-electron chi connectivity index (χ1n) is 6.55. The van der Waals surface area contributed by atoms with Crippen LogP contribution in [-0.4, -0.2) is 33.6 Å². The van der Waals surface area contributed by atoms with Gasteiger partial charge in [0.1, 0.15) is 11.5 Å². The Kier molecular flexibility index (Phi) is 5.25. The molecule has 0 aliphatic heterocycles. The molecule has 1 aromatic heterocycles. The van der Waals surface area contributed by atoms with Crippen LogP contribution in [0.1, 0.15) is 21.9 Å². The van der Waals surface area contributed by atoms with E-state index in [1.807, 2.05) is 30.3 Å². The second kappa shape index (κ2) is 7.15. The number of hydrogen-bond donors (Lipinski definition) is 2. The van der Waals surface area contributed by atoms with E-state index in [0.717, 1.165) is 5.56 Å². The van der Waals surface area contributed by atoms with Crippen molar-refractivity contribution >= 4 is 17.5 Å². The van der Waals surface area contributed by atoms with Crippen LogP contribution in [0.5, 0.6) is 0 Å². The number of aromatic nitrogens is 2. The molecule has 0 aliphatic carbocycles. The molecule has 0 saturated heterocycles. The molecule has 1 atom stereocenters. The van der Waals surface area contributed by atoms with Crippen LogP contribution in [-0.2, 0) is 6.42 Å². The lowest BCUT2D eigenvalue weighted by molar-refractivity contribution is 0.0911. The average Bonchev–Trinajstić information content (AvgIpc) is 2.48. The number of benzene rings is 1. The summed E-state index contributed by atoms with van der Waals surface area (Å²) in [6.07, 6.45) is 1.19. The Bertz CT molecular complexity index is 620. The van der Waals surface area contributed by atoms with Crippen molar-refractivity contribution in [2.75, 3.05) is 6.54 Å². The number of rotatable bonds is 5. The Morgan fingerprint density at radius 3 is 2.81 bits per heavy atom. The van der Waals surface area contributed by atoms with Crippen LogP contribution in [0.4, 0.5) is 0 Å². The van der Waals surface area contributed by atoms with Crippen molar-refractivity contribution in [2.45, 2.75) is 19.4 Å². The van der Waals surface area contributed by atoms with Gasteiger partial charge >= 0.3 is 0 Å². The van der Waals surface area contributed by atoms with E-state index < -0.39 is 12.0 Å². The number of carbonyl (C=O) groups is 1. The molecule has 5 nitrogen and oxygen atoms in total. The van der Waals surface area contributed by atoms with Crippen molar-refractivity contribution in [1.29, 1.82) is 0 Å². The van der Waals surface area contributed by atoms with Gasteiger partial charge in [-0.25, -0.2) is 9.97 Å². The maximum Gasteiger partial charge on any atom is 0.271 e. The molecule has 110 valence electrons. The van der Waals surface area contributed by atoms with E-state index in [9.17, 15) is 9.90 Å². The maximum atomic E-state index is 12.0. The van der Waals surface area contributed by atoms with Gasteiger partial charge in [-0.2, -0.15) is 0 Å². The lowest BCUT2D eigenvalue weighted by Crippen LogP contribution is -2.34. The highest BCUT2D eigenvalue weighted by Gasteiger charge is 2.14. The zero-order valence-electron chi connectivity index (χ0n) is 11.6. The molecule has 1 unspecified atom stereocenters. The Morgan fingerprint density at radius 2 is 2.10 bits per heavy atom. The molecule has 2 aromatic rings. The molecular formula is C15H16ClN3O2. The highest BCUT2D eigenvalue weighted by molar-refractivity contribution is 6.33. The third kappa shape index (κ3) is 4.51. The van der Waals surface area contributed by atoms with Gasteiger partial charge in [-0.1, -0.05) is 41.9 Å². The summed E-state index contributed by atoms with van der Waals surface area (Å²) in [6, 6.07) is 9.58. The van der Waals surface area contributed by atoms with Crippen LogP contribution in [0, 0.1) is 6.92 Å². The molecule has 0 radical (unpaired) electrons. The van der Waals surface area contributed by atoms with Gasteiger partial charge in [0.2, 0.25) is 0 Å². The zero-order chi connectivity index (χ0) is 15.2. The summed E-state index contributed by atoms with van der Waals surface area (Å²) in [4.78, 5) is 19.9. The topological polar surface area (TPSA) is 75.1 Å². The maximum absolute atomic E-state index is 12.0. The summed E-state index contributed by atoms with van der Waals surface area (Å²) in [5.41, 5.74) is 1.13. The fraction of sp³-hybridized carbons (Fsp3) is 0.267. The minimum Gasteiger partial charge on any atom is -0.391 e. The molecule has 0 saturated carbocycles. The van der Waals surface area contributed by atoms with Gasteiger partial charge < -0.3 is 10.4 Å². The normalized spacial score (nSPS) is 12.0. The van der Waals surface area contributed by atoms with Crippen molar-refractivity contribution in [1.82, 2.24) is 15.3 Å². The highest BCUT2D eigenvalue weighted by Crippen LogP contribution is 2.11. The van der Waals surface area contributed by atoms with Gasteiger partial charge in [0.25, 0.3) is 5.91 Å². The highest BCUT2D eigenvalue weighted by atomic mass is 35.5. The van der Waals surface area contributed by atoms with Crippen molar-refractivity contribution in [3.8, 4) is 0 Å². The van der Waals surface area contributed by atoms with Gasteiger partial charge in [-0.3, -0.25) is 4.79 Å². The summed E-state index contributed by atoms with van der Waals surface area (Å²) in [5, 5.41) is 12.8. The smallest absolute Gasteiger partial charge is 0.271 e. The molecule has 6 heteroatoms. The second-order valence-electron chi connectivity index (χ2n) is 4.67. The van der Waals surface area contributed by atoms with E-state index in [2.05, 4.69) is 15.3 Å². The summed E-state index contributed by atoms with van der Waals surface area (Å²) >= 11 is 5.89. The molecule has 0 spiro atoms. The predicted molar refractivity (Wildman–Crippen MR) is 80.3 cm³/mol. The quantitative estimate of drug-likeness (QED) is 0.883. The van der Waals surface area contributed by atoms with E-state index in [1.54, 1.807) is 6.92 Å². The van der Waals surface area contributed by atoms with Gasteiger partial charge in [-0.15, -0.1) is 0 Å². The molecule has 0 fully saturated rings. The van der Waals surface area contributed by atoms with Crippen LogP contribution < -0.4 is 5.32 Å². The number of nitrogens with zero attached hydrogens (tertiary/aromatic N) is 2. The molecule has 1 amide bonds. The largest absolute Gasteiger partial charge is 0.391 e. The van der Waals surface area contributed by atoms with Gasteiger partial charge in [0, 0.05) is 13.0 Å². The van der Waals surface area contributed by atoms with Crippen molar-refractivity contribution in [3.05, 3.63) is 58.6 Å². The molecule has 1 heterocycles. The lowest BCUT2D eigenvalue weighted by atomic mass is 10.1. The molecule has 2 N–H and O–H groups in total. The van der Waals surface area contributed by atoms with Crippen LogP contribution in [0.3, 0.4) is 0 Å². The van der Waals surface area contributed by atoms with Gasteiger partial charge in [0.05, 0.1) is 17.3 Å². The van der Waals surface area contributed by atoms with Crippen LogP contribution in [0.25, 0.3) is 0 Å². The minimum atomic E-state index is -0.668. The molecular weight excluding hydrogens is 290 g/mol. The number of nitrogens with one attached hydrogen (secondary N) is 1. The number of hydrogen-bond acceptors (Lipinski definition) is 4. The van der Waals surface area contributed by atoms with Crippen LogP contribution >= 0.6 is 11.6 Å². The molecule has 0 bridgehead atoms. The van der Waals surface area contributed by atoms with Crippen molar-refractivity contribution in [3.63, 3.8) is 0 Å². The fourth-order valence-corrected chi connectivity index (χ4v) is 2.04. The van der Waals surface area contributed by atoms with E-state index in [1.165, 1.54) is 6.20 Å². The number of aliphatic hydroxyl groups is 1.